The minimum Gasteiger partial charge on any atom is -0.368 e. The van der Waals surface area contributed by atoms with Gasteiger partial charge in [0.05, 0.1) is 22.6 Å². The number of anilines is 3. The van der Waals surface area contributed by atoms with E-state index in [1.54, 1.807) is 26.4 Å². The summed E-state index contributed by atoms with van der Waals surface area (Å²) in [6.45, 7) is 5.32. The molecule has 5 rings (SSSR count). The lowest BCUT2D eigenvalue weighted by molar-refractivity contribution is -0.132. The number of fused-ring (bicyclic) bond motifs is 1. The Hall–Kier alpha value is -4.22. The van der Waals surface area contributed by atoms with Gasteiger partial charge in [-0.15, -0.1) is 0 Å². The number of halogens is 1. The lowest BCUT2D eigenvalue weighted by Gasteiger charge is -2.36. The van der Waals surface area contributed by atoms with Crippen LogP contribution in [0.5, 0.6) is 0 Å². The number of nitrogens with zero attached hydrogens (tertiary/aromatic N) is 8. The molecule has 1 aliphatic heterocycles. The highest BCUT2D eigenvalue weighted by Gasteiger charge is 2.22. The molecule has 0 radical (unpaired) electrons. The Morgan fingerprint density at radius 2 is 1.80 bits per heavy atom. The number of amides is 1. The van der Waals surface area contributed by atoms with Crippen LogP contribution >= 0.6 is 11.6 Å². The molecule has 2 aromatic heterocycles. The summed E-state index contributed by atoms with van der Waals surface area (Å²) < 4.78 is 2.98. The Morgan fingerprint density at radius 3 is 2.44 bits per heavy atom. The fraction of sp³-hybridized carbons (Fsp3) is 0.345. The Balaban J connectivity index is 1.37. The van der Waals surface area contributed by atoms with Gasteiger partial charge in [-0.3, -0.25) is 14.4 Å². The maximum atomic E-state index is 13.5. The molecule has 0 atom stereocenters. The average molecular weight is 576 g/mol. The molecule has 1 aliphatic rings. The fourth-order valence-corrected chi connectivity index (χ4v) is 5.40. The van der Waals surface area contributed by atoms with Crippen LogP contribution in [0.15, 0.2) is 58.4 Å². The Kier molecular flexibility index (Phi) is 8.09. The van der Waals surface area contributed by atoms with Gasteiger partial charge in [-0.05, 0) is 56.9 Å². The van der Waals surface area contributed by atoms with Gasteiger partial charge >= 0.3 is 5.69 Å². The first-order chi connectivity index (χ1) is 19.7. The summed E-state index contributed by atoms with van der Waals surface area (Å²) in [5, 5.41) is 4.32. The second-order valence-corrected chi connectivity index (χ2v) is 10.7. The molecule has 1 amide bonds. The van der Waals surface area contributed by atoms with Gasteiger partial charge in [0.15, 0.2) is 5.65 Å². The second kappa shape index (κ2) is 11.7. The molecular weight excluding hydrogens is 542 g/mol. The topological polar surface area (TPSA) is 104 Å². The van der Waals surface area contributed by atoms with Crippen LogP contribution < -0.4 is 21.4 Å². The molecule has 214 valence electrons. The average Bonchev–Trinajstić information content (AvgIpc) is 2.96. The summed E-state index contributed by atoms with van der Waals surface area (Å²) in [7, 11) is 7.12. The highest BCUT2D eigenvalue weighted by atomic mass is 35.5. The van der Waals surface area contributed by atoms with E-state index >= 15 is 0 Å². The van der Waals surface area contributed by atoms with Crippen molar-refractivity contribution >= 4 is 45.9 Å². The van der Waals surface area contributed by atoms with Crippen LogP contribution in [0, 0.1) is 6.92 Å². The third kappa shape index (κ3) is 5.68. The zero-order valence-corrected chi connectivity index (χ0v) is 24.7. The van der Waals surface area contributed by atoms with E-state index in [0.717, 1.165) is 30.0 Å². The molecule has 2 aromatic carbocycles. The summed E-state index contributed by atoms with van der Waals surface area (Å²) >= 11 is 6.51. The maximum absolute atomic E-state index is 13.5. The van der Waals surface area contributed by atoms with Crippen molar-refractivity contribution < 1.29 is 4.79 Å². The zero-order chi connectivity index (χ0) is 29.3. The molecule has 0 spiro atoms. The Morgan fingerprint density at radius 1 is 1.10 bits per heavy atom. The van der Waals surface area contributed by atoms with Gasteiger partial charge in [-0.25, -0.2) is 14.3 Å². The van der Waals surface area contributed by atoms with Crippen LogP contribution in [0.2, 0.25) is 5.02 Å². The van der Waals surface area contributed by atoms with E-state index in [0.29, 0.717) is 52.8 Å². The van der Waals surface area contributed by atoms with E-state index in [9.17, 15) is 9.59 Å². The number of piperazine rings is 1. The standard InChI is InChI=1S/C29H34ClN9O2/c1-19-7-6-8-23(30)25(19)39-26(31-2)22-17-32-28(34-27(22)36(5)29(39)41)33-20-9-11-21(12-10-20)37-13-15-38(16-14-37)24(40)18-35(3)4/h6-12,17H,13-16,18H2,1-5H3,(H,32,33,34). The van der Waals surface area contributed by atoms with Gasteiger partial charge in [0, 0.05) is 57.8 Å². The van der Waals surface area contributed by atoms with Gasteiger partial charge in [-0.2, -0.15) is 4.98 Å². The first-order valence-corrected chi connectivity index (χ1v) is 13.8. The normalized spacial score (nSPS) is 14.3. The van der Waals surface area contributed by atoms with E-state index < -0.39 is 0 Å². The van der Waals surface area contributed by atoms with Crippen LogP contribution in [-0.4, -0.2) is 88.7 Å². The van der Waals surface area contributed by atoms with Crippen molar-refractivity contribution in [3.63, 3.8) is 0 Å². The van der Waals surface area contributed by atoms with Crippen molar-refractivity contribution in [3.05, 3.63) is 75.2 Å². The molecular formula is C29H34ClN9O2. The molecule has 41 heavy (non-hydrogen) atoms. The monoisotopic (exact) mass is 575 g/mol. The quantitative estimate of drug-likeness (QED) is 0.377. The molecule has 12 heteroatoms. The number of para-hydroxylation sites is 1. The number of benzene rings is 2. The van der Waals surface area contributed by atoms with E-state index in [2.05, 4.69) is 25.2 Å². The summed E-state index contributed by atoms with van der Waals surface area (Å²) in [6, 6.07) is 13.5. The number of likely N-dealkylation sites (N-methyl/N-ethyl adjacent to an activating group) is 1. The third-order valence-corrected chi connectivity index (χ3v) is 7.52. The number of carbonyl (C=O) groups excluding carboxylic acids is 1. The van der Waals surface area contributed by atoms with Gasteiger partial charge < -0.3 is 20.0 Å². The van der Waals surface area contributed by atoms with E-state index in [4.69, 9.17) is 11.6 Å². The predicted molar refractivity (Wildman–Crippen MR) is 162 cm³/mol. The maximum Gasteiger partial charge on any atom is 0.335 e. The minimum absolute atomic E-state index is 0.163. The number of carbonyl (C=O) groups is 1. The minimum atomic E-state index is -0.313. The SMILES string of the molecule is CN=c1c2cnc(Nc3ccc(N4CCN(C(=O)CN(C)C)CC4)cc3)nc2n(C)c(=O)n1-c1c(C)cccc1Cl. The van der Waals surface area contributed by atoms with Crippen LogP contribution in [-0.2, 0) is 11.8 Å². The van der Waals surface area contributed by atoms with Crippen molar-refractivity contribution in [2.75, 3.05) is 64.1 Å². The summed E-state index contributed by atoms with van der Waals surface area (Å²) in [5.74, 6) is 0.526. The van der Waals surface area contributed by atoms with Crippen molar-refractivity contribution in [3.8, 4) is 5.69 Å². The second-order valence-electron chi connectivity index (χ2n) is 10.3. The molecule has 1 saturated heterocycles. The molecule has 3 heterocycles. The highest BCUT2D eigenvalue weighted by molar-refractivity contribution is 6.32. The molecule has 11 nitrogen and oxygen atoms in total. The Labute approximate surface area is 243 Å². The van der Waals surface area contributed by atoms with E-state index in [1.807, 2.05) is 67.2 Å². The van der Waals surface area contributed by atoms with Crippen LogP contribution in [0.25, 0.3) is 16.7 Å². The van der Waals surface area contributed by atoms with E-state index in [1.165, 1.54) is 9.13 Å². The van der Waals surface area contributed by atoms with Crippen LogP contribution in [0.1, 0.15) is 5.56 Å². The fourth-order valence-electron chi connectivity index (χ4n) is 5.10. The third-order valence-electron chi connectivity index (χ3n) is 7.21. The first-order valence-electron chi connectivity index (χ1n) is 13.4. The predicted octanol–water partition coefficient (Wildman–Crippen LogP) is 2.57. The summed E-state index contributed by atoms with van der Waals surface area (Å²) in [6.07, 6.45) is 1.67. The van der Waals surface area contributed by atoms with Gasteiger partial charge in [0.1, 0.15) is 5.49 Å². The van der Waals surface area contributed by atoms with Crippen LogP contribution in [0.4, 0.5) is 17.3 Å². The molecule has 1 N–H and O–H groups in total. The van der Waals surface area contributed by atoms with Crippen molar-refractivity contribution in [2.24, 2.45) is 12.0 Å². The number of aryl methyl sites for hydroxylation is 2. The van der Waals surface area contributed by atoms with Crippen molar-refractivity contribution in [2.45, 2.75) is 6.92 Å². The number of aromatic nitrogens is 4. The largest absolute Gasteiger partial charge is 0.368 e. The summed E-state index contributed by atoms with van der Waals surface area (Å²) in [4.78, 5) is 45.6. The molecule has 0 bridgehead atoms. The van der Waals surface area contributed by atoms with Gasteiger partial charge in [-0.1, -0.05) is 23.7 Å². The lowest BCUT2D eigenvalue weighted by Crippen LogP contribution is -2.50. The molecule has 0 unspecified atom stereocenters. The number of nitrogens with one attached hydrogen (secondary N) is 1. The van der Waals surface area contributed by atoms with Gasteiger partial charge in [0.25, 0.3) is 0 Å². The molecule has 0 aliphatic carbocycles. The molecule has 1 fully saturated rings. The number of hydrogen-bond donors (Lipinski definition) is 1. The number of hydrogen-bond acceptors (Lipinski definition) is 8. The Bertz CT molecular complexity index is 1700. The van der Waals surface area contributed by atoms with E-state index in [-0.39, 0.29) is 11.6 Å². The highest BCUT2D eigenvalue weighted by Crippen LogP contribution is 2.24. The molecule has 0 saturated carbocycles. The van der Waals surface area contributed by atoms with Crippen LogP contribution in [0.3, 0.4) is 0 Å². The number of rotatable bonds is 6. The van der Waals surface area contributed by atoms with Crippen molar-refractivity contribution in [1.29, 1.82) is 0 Å². The zero-order valence-electron chi connectivity index (χ0n) is 23.9. The molecule has 4 aromatic rings. The van der Waals surface area contributed by atoms with Crippen molar-refractivity contribution in [1.82, 2.24) is 28.9 Å². The lowest BCUT2D eigenvalue weighted by atomic mass is 10.2. The summed E-state index contributed by atoms with van der Waals surface area (Å²) in [5.41, 5.74) is 3.91. The van der Waals surface area contributed by atoms with Gasteiger partial charge in [0.2, 0.25) is 11.9 Å². The smallest absolute Gasteiger partial charge is 0.335 e. The first kappa shape index (κ1) is 28.3.